The maximum absolute atomic E-state index is 12.7. The van der Waals surface area contributed by atoms with E-state index in [1.165, 1.54) is 11.3 Å². The summed E-state index contributed by atoms with van der Waals surface area (Å²) >= 11 is 0. The van der Waals surface area contributed by atoms with Crippen LogP contribution in [0.1, 0.15) is 38.5 Å². The van der Waals surface area contributed by atoms with E-state index < -0.39 is 6.04 Å². The molecule has 4 amide bonds. The second-order valence-electron chi connectivity index (χ2n) is 7.27. The van der Waals surface area contributed by atoms with E-state index in [9.17, 15) is 14.4 Å². The molecule has 1 aromatic rings. The number of ether oxygens (including phenoxy) is 1. The number of nitrogens with zero attached hydrogens (tertiary/aromatic N) is 1. The molecular weight excluding hydrogens is 360 g/mol. The lowest BCUT2D eigenvalue weighted by atomic mass is 9.95. The third-order valence-corrected chi connectivity index (χ3v) is 5.26. The predicted molar refractivity (Wildman–Crippen MR) is 105 cm³/mol. The van der Waals surface area contributed by atoms with Crippen LogP contribution in [-0.4, -0.2) is 55.0 Å². The summed E-state index contributed by atoms with van der Waals surface area (Å²) in [5.74, 6) is -0.00157. The van der Waals surface area contributed by atoms with Crippen molar-refractivity contribution in [3.05, 3.63) is 24.3 Å². The van der Waals surface area contributed by atoms with Gasteiger partial charge in [-0.2, -0.15) is 0 Å². The zero-order chi connectivity index (χ0) is 19.9. The maximum Gasteiger partial charge on any atom is 0.318 e. The highest BCUT2D eigenvalue weighted by Crippen LogP contribution is 2.20. The molecule has 1 aliphatic heterocycles. The Hall–Kier alpha value is -2.77. The van der Waals surface area contributed by atoms with Gasteiger partial charge < -0.3 is 25.6 Å². The molecule has 3 rings (SSSR count). The van der Waals surface area contributed by atoms with E-state index >= 15 is 0 Å². The molecule has 0 bridgehead atoms. The van der Waals surface area contributed by atoms with Crippen LogP contribution in [0.5, 0.6) is 5.75 Å². The Balaban J connectivity index is 1.61. The number of nitrogens with one attached hydrogen (secondary N) is 3. The Kier molecular flexibility index (Phi) is 6.73. The number of hydrogen-bond acceptors (Lipinski definition) is 4. The molecule has 1 saturated carbocycles. The van der Waals surface area contributed by atoms with Gasteiger partial charge in [0.2, 0.25) is 11.8 Å². The Morgan fingerprint density at radius 2 is 2.04 bits per heavy atom. The van der Waals surface area contributed by atoms with Gasteiger partial charge in [0.1, 0.15) is 11.8 Å². The van der Waals surface area contributed by atoms with Crippen LogP contribution in [0, 0.1) is 0 Å². The summed E-state index contributed by atoms with van der Waals surface area (Å²) in [4.78, 5) is 39.1. The first kappa shape index (κ1) is 20.0. The summed E-state index contributed by atoms with van der Waals surface area (Å²) in [7, 11) is 1.55. The predicted octanol–water partition coefficient (Wildman–Crippen LogP) is 1.87. The third kappa shape index (κ3) is 5.15. The van der Waals surface area contributed by atoms with Crippen LogP contribution in [-0.2, 0) is 9.59 Å². The van der Waals surface area contributed by atoms with Crippen molar-refractivity contribution in [2.45, 2.75) is 50.6 Å². The van der Waals surface area contributed by atoms with E-state index in [1.54, 1.807) is 31.4 Å². The lowest BCUT2D eigenvalue weighted by Gasteiger charge is -2.36. The van der Waals surface area contributed by atoms with Gasteiger partial charge in [0.05, 0.1) is 13.5 Å². The number of anilines is 1. The van der Waals surface area contributed by atoms with Crippen molar-refractivity contribution in [3.63, 3.8) is 0 Å². The van der Waals surface area contributed by atoms with Gasteiger partial charge in [-0.1, -0.05) is 25.3 Å². The van der Waals surface area contributed by atoms with Crippen molar-refractivity contribution in [2.75, 3.05) is 25.5 Å². The van der Waals surface area contributed by atoms with Crippen molar-refractivity contribution in [3.8, 4) is 5.75 Å². The van der Waals surface area contributed by atoms with Crippen molar-refractivity contribution < 1.29 is 19.1 Å². The van der Waals surface area contributed by atoms with Gasteiger partial charge in [-0.25, -0.2) is 4.79 Å². The number of piperazine rings is 1. The summed E-state index contributed by atoms with van der Waals surface area (Å²) in [6.45, 7) is 0.784. The van der Waals surface area contributed by atoms with Gasteiger partial charge in [-0.15, -0.1) is 0 Å². The zero-order valence-electron chi connectivity index (χ0n) is 16.2. The van der Waals surface area contributed by atoms with E-state index in [-0.39, 0.29) is 30.3 Å². The first-order chi connectivity index (χ1) is 13.6. The average molecular weight is 388 g/mol. The monoisotopic (exact) mass is 388 g/mol. The highest BCUT2D eigenvalue weighted by Gasteiger charge is 2.35. The number of hydrogen-bond donors (Lipinski definition) is 3. The van der Waals surface area contributed by atoms with Crippen LogP contribution in [0.3, 0.4) is 0 Å². The van der Waals surface area contributed by atoms with Gasteiger partial charge in [-0.05, 0) is 25.0 Å². The number of urea groups is 1. The Morgan fingerprint density at radius 1 is 1.25 bits per heavy atom. The van der Waals surface area contributed by atoms with Gasteiger partial charge >= 0.3 is 6.03 Å². The Bertz CT molecular complexity index is 718. The molecule has 152 valence electrons. The standard InChI is InChI=1S/C20H28N4O4/c1-28-16-9-5-8-15(12-16)22-18(25)13-17-19(26)21-10-11-24(17)20(27)23-14-6-3-2-4-7-14/h5,8-9,12,14,17H,2-4,6-7,10-11,13H2,1H3,(H,21,26)(H,22,25)(H,23,27)/t17-/m0/s1. The molecule has 8 nitrogen and oxygen atoms in total. The fourth-order valence-corrected chi connectivity index (χ4v) is 3.75. The summed E-state index contributed by atoms with van der Waals surface area (Å²) in [5, 5.41) is 8.55. The molecule has 28 heavy (non-hydrogen) atoms. The SMILES string of the molecule is COc1cccc(NC(=O)C[C@H]2C(=O)NCCN2C(=O)NC2CCCCC2)c1. The number of rotatable bonds is 5. The summed E-state index contributed by atoms with van der Waals surface area (Å²) in [6, 6.07) is 6.07. The smallest absolute Gasteiger partial charge is 0.318 e. The Labute approximate surface area is 165 Å². The summed E-state index contributed by atoms with van der Waals surface area (Å²) < 4.78 is 5.15. The second kappa shape index (κ2) is 9.43. The molecule has 3 N–H and O–H groups in total. The molecule has 1 aliphatic carbocycles. The highest BCUT2D eigenvalue weighted by atomic mass is 16.5. The van der Waals surface area contributed by atoms with Crippen LogP contribution in [0.15, 0.2) is 24.3 Å². The third-order valence-electron chi connectivity index (χ3n) is 5.26. The normalized spacial score (nSPS) is 20.2. The molecule has 1 aromatic carbocycles. The topological polar surface area (TPSA) is 99.8 Å². The molecule has 2 aliphatic rings. The molecule has 2 fully saturated rings. The number of carbonyl (C=O) groups is 3. The second-order valence-corrected chi connectivity index (χ2v) is 7.27. The first-order valence-electron chi connectivity index (χ1n) is 9.85. The molecule has 0 spiro atoms. The van der Waals surface area contributed by atoms with Crippen LogP contribution in [0.2, 0.25) is 0 Å². The largest absolute Gasteiger partial charge is 0.497 e. The number of benzene rings is 1. The molecule has 0 radical (unpaired) electrons. The van der Waals surface area contributed by atoms with Gasteiger partial charge in [0, 0.05) is 30.9 Å². The Morgan fingerprint density at radius 3 is 2.79 bits per heavy atom. The van der Waals surface area contributed by atoms with Gasteiger partial charge in [0.15, 0.2) is 0 Å². The van der Waals surface area contributed by atoms with E-state index in [0.717, 1.165) is 25.7 Å². The molecule has 0 aromatic heterocycles. The van der Waals surface area contributed by atoms with Crippen molar-refractivity contribution in [1.29, 1.82) is 0 Å². The summed E-state index contributed by atoms with van der Waals surface area (Å²) in [5.41, 5.74) is 0.582. The molecule has 1 saturated heterocycles. The van der Waals surface area contributed by atoms with E-state index in [1.807, 2.05) is 0 Å². The number of methoxy groups -OCH3 is 1. The number of carbonyl (C=O) groups excluding carboxylic acids is 3. The van der Waals surface area contributed by atoms with Crippen LogP contribution < -0.4 is 20.7 Å². The van der Waals surface area contributed by atoms with Crippen LogP contribution in [0.4, 0.5) is 10.5 Å². The van der Waals surface area contributed by atoms with Crippen molar-refractivity contribution >= 4 is 23.5 Å². The van der Waals surface area contributed by atoms with Gasteiger partial charge in [0.25, 0.3) is 0 Å². The first-order valence-corrected chi connectivity index (χ1v) is 9.85. The molecule has 8 heteroatoms. The van der Waals surface area contributed by atoms with Gasteiger partial charge in [-0.3, -0.25) is 9.59 Å². The quantitative estimate of drug-likeness (QED) is 0.717. The molecule has 1 heterocycles. The van der Waals surface area contributed by atoms with E-state index in [2.05, 4.69) is 16.0 Å². The maximum atomic E-state index is 12.7. The zero-order valence-corrected chi connectivity index (χ0v) is 16.2. The lowest BCUT2D eigenvalue weighted by Crippen LogP contribution is -2.61. The average Bonchev–Trinajstić information content (AvgIpc) is 2.70. The minimum atomic E-state index is -0.817. The fraction of sp³-hybridized carbons (Fsp3) is 0.550. The van der Waals surface area contributed by atoms with Crippen LogP contribution >= 0.6 is 0 Å². The fourth-order valence-electron chi connectivity index (χ4n) is 3.75. The minimum Gasteiger partial charge on any atom is -0.497 e. The van der Waals surface area contributed by atoms with Crippen LogP contribution in [0.25, 0.3) is 0 Å². The molecule has 1 atom stereocenters. The lowest BCUT2D eigenvalue weighted by molar-refractivity contribution is -0.131. The highest BCUT2D eigenvalue weighted by molar-refractivity contribution is 5.97. The van der Waals surface area contributed by atoms with Crippen molar-refractivity contribution in [1.82, 2.24) is 15.5 Å². The molecule has 0 unspecified atom stereocenters. The number of amides is 4. The van der Waals surface area contributed by atoms with E-state index in [0.29, 0.717) is 24.5 Å². The molecular formula is C20H28N4O4. The van der Waals surface area contributed by atoms with Crippen molar-refractivity contribution in [2.24, 2.45) is 0 Å². The van der Waals surface area contributed by atoms with E-state index in [4.69, 9.17) is 4.74 Å². The summed E-state index contributed by atoms with van der Waals surface area (Å²) in [6.07, 6.45) is 5.25. The minimum absolute atomic E-state index is 0.0961.